The van der Waals surface area contributed by atoms with E-state index < -0.39 is 5.82 Å². The van der Waals surface area contributed by atoms with Crippen molar-refractivity contribution in [1.29, 1.82) is 0 Å². The van der Waals surface area contributed by atoms with Crippen molar-refractivity contribution >= 4 is 11.4 Å². The molecule has 148 valence electrons. The van der Waals surface area contributed by atoms with Crippen LogP contribution in [-0.4, -0.2) is 36.9 Å². The lowest BCUT2D eigenvalue weighted by molar-refractivity contribution is 0.110. The molecule has 1 fully saturated rings. The summed E-state index contributed by atoms with van der Waals surface area (Å²) in [7, 11) is 2.10. The molecule has 1 aliphatic heterocycles. The summed E-state index contributed by atoms with van der Waals surface area (Å²) in [5.74, 6) is -0.128. The number of nitrogens with zero attached hydrogens (tertiary/aromatic N) is 2. The van der Waals surface area contributed by atoms with Crippen LogP contribution in [0.3, 0.4) is 0 Å². The van der Waals surface area contributed by atoms with Crippen molar-refractivity contribution in [3.8, 4) is 5.75 Å². The third kappa shape index (κ3) is 4.72. The van der Waals surface area contributed by atoms with E-state index in [2.05, 4.69) is 11.9 Å². The van der Waals surface area contributed by atoms with Crippen molar-refractivity contribution in [3.63, 3.8) is 0 Å². The average Bonchev–Trinajstić information content (AvgIpc) is 2.77. The van der Waals surface area contributed by atoms with Crippen molar-refractivity contribution in [3.05, 3.63) is 95.8 Å². The van der Waals surface area contributed by atoms with Gasteiger partial charge in [-0.05, 0) is 32.0 Å². The van der Waals surface area contributed by atoms with Crippen molar-refractivity contribution in [2.24, 2.45) is 4.99 Å². The summed E-state index contributed by atoms with van der Waals surface area (Å²) in [6, 6.07) is 24.9. The summed E-state index contributed by atoms with van der Waals surface area (Å²) in [4.78, 5) is 6.98. The van der Waals surface area contributed by atoms with Crippen LogP contribution in [0.15, 0.2) is 83.9 Å². The number of likely N-dealkylation sites (tertiary alicyclic amines) is 1. The molecule has 0 aliphatic carbocycles. The maximum absolute atomic E-state index is 15.3. The lowest BCUT2D eigenvalue weighted by atomic mass is 10.0. The molecular formula is C25H25FN2O. The van der Waals surface area contributed by atoms with Gasteiger partial charge in [-0.1, -0.05) is 66.7 Å². The van der Waals surface area contributed by atoms with Crippen LogP contribution in [0.5, 0.6) is 5.75 Å². The first-order valence-corrected chi connectivity index (χ1v) is 10.0. The highest BCUT2D eigenvalue weighted by Gasteiger charge is 2.20. The Morgan fingerprint density at radius 3 is 2.03 bits per heavy atom. The number of piperidine rings is 1. The number of hydrogen-bond donors (Lipinski definition) is 0. The zero-order valence-corrected chi connectivity index (χ0v) is 16.6. The van der Waals surface area contributed by atoms with E-state index >= 15 is 4.39 Å². The molecule has 0 N–H and O–H groups in total. The van der Waals surface area contributed by atoms with Gasteiger partial charge in [0.2, 0.25) is 0 Å². The van der Waals surface area contributed by atoms with Gasteiger partial charge in [0.25, 0.3) is 0 Å². The van der Waals surface area contributed by atoms with Crippen LogP contribution < -0.4 is 4.74 Å². The van der Waals surface area contributed by atoms with Gasteiger partial charge >= 0.3 is 0 Å². The van der Waals surface area contributed by atoms with Crippen LogP contribution in [0.4, 0.5) is 10.1 Å². The van der Waals surface area contributed by atoms with E-state index in [4.69, 9.17) is 9.73 Å². The van der Waals surface area contributed by atoms with Gasteiger partial charge in [-0.25, -0.2) is 9.38 Å². The minimum atomic E-state index is -0.407. The summed E-state index contributed by atoms with van der Waals surface area (Å²) in [5, 5.41) is 0. The number of hydrogen-bond acceptors (Lipinski definition) is 3. The number of aliphatic imine (C=N–C) groups is 1. The van der Waals surface area contributed by atoms with E-state index in [1.807, 2.05) is 60.7 Å². The van der Waals surface area contributed by atoms with Crippen LogP contribution in [0.1, 0.15) is 24.0 Å². The molecular weight excluding hydrogens is 363 g/mol. The van der Waals surface area contributed by atoms with E-state index in [1.165, 1.54) is 0 Å². The van der Waals surface area contributed by atoms with E-state index in [9.17, 15) is 0 Å². The number of rotatable bonds is 5. The van der Waals surface area contributed by atoms with Crippen molar-refractivity contribution in [1.82, 2.24) is 4.90 Å². The molecule has 4 rings (SSSR count). The largest absolute Gasteiger partial charge is 0.487 e. The molecule has 0 atom stereocenters. The van der Waals surface area contributed by atoms with Crippen LogP contribution in [0.2, 0.25) is 0 Å². The summed E-state index contributed by atoms with van der Waals surface area (Å²) >= 11 is 0. The Morgan fingerprint density at radius 2 is 1.45 bits per heavy atom. The SMILES string of the molecule is CN1CCC(Oc2cccc(N=C(c3ccccc3)c3ccccc3)c2F)CC1. The minimum Gasteiger partial charge on any atom is -0.487 e. The van der Waals surface area contributed by atoms with E-state index in [-0.39, 0.29) is 17.5 Å². The number of ether oxygens (including phenoxy) is 1. The van der Waals surface area contributed by atoms with Gasteiger partial charge in [0, 0.05) is 24.2 Å². The second-order valence-electron chi connectivity index (χ2n) is 7.40. The van der Waals surface area contributed by atoms with Crippen molar-refractivity contribution in [2.45, 2.75) is 18.9 Å². The standard InChI is InChI=1S/C25H25FN2O/c1-28-17-15-21(16-18-28)29-23-14-8-13-22(24(23)26)27-25(19-9-4-2-5-10-19)20-11-6-3-7-12-20/h2-14,21H,15-18H2,1H3. The smallest absolute Gasteiger partial charge is 0.190 e. The monoisotopic (exact) mass is 388 g/mol. The first-order chi connectivity index (χ1) is 14.2. The summed E-state index contributed by atoms with van der Waals surface area (Å²) < 4.78 is 21.3. The molecule has 4 heteroatoms. The topological polar surface area (TPSA) is 24.8 Å². The molecule has 1 saturated heterocycles. The van der Waals surface area contributed by atoms with Gasteiger partial charge in [0.15, 0.2) is 11.6 Å². The van der Waals surface area contributed by atoms with Gasteiger partial charge in [0.1, 0.15) is 11.8 Å². The van der Waals surface area contributed by atoms with E-state index in [1.54, 1.807) is 18.2 Å². The van der Waals surface area contributed by atoms with Gasteiger partial charge in [0.05, 0.1) is 5.71 Å². The molecule has 0 aromatic heterocycles. The Labute approximate surface area is 171 Å². The Balaban J connectivity index is 1.68. The van der Waals surface area contributed by atoms with Crippen LogP contribution in [0.25, 0.3) is 0 Å². The Bertz CT molecular complexity index is 923. The fourth-order valence-corrected chi connectivity index (χ4v) is 3.57. The van der Waals surface area contributed by atoms with Gasteiger partial charge in [-0.3, -0.25) is 0 Å². The van der Waals surface area contributed by atoms with E-state index in [0.717, 1.165) is 42.8 Å². The molecule has 3 nitrogen and oxygen atoms in total. The van der Waals surface area contributed by atoms with Gasteiger partial charge < -0.3 is 9.64 Å². The first kappa shape index (κ1) is 19.3. The Morgan fingerprint density at radius 1 is 0.862 bits per heavy atom. The normalized spacial score (nSPS) is 15.1. The van der Waals surface area contributed by atoms with Crippen LogP contribution in [0, 0.1) is 5.82 Å². The van der Waals surface area contributed by atoms with Gasteiger partial charge in [-0.2, -0.15) is 0 Å². The average molecular weight is 388 g/mol. The molecule has 0 saturated carbocycles. The predicted octanol–water partition coefficient (Wildman–Crippen LogP) is 5.47. The molecule has 0 radical (unpaired) electrons. The van der Waals surface area contributed by atoms with Gasteiger partial charge in [-0.15, -0.1) is 0 Å². The molecule has 0 spiro atoms. The lowest BCUT2D eigenvalue weighted by Crippen LogP contribution is -2.35. The second kappa shape index (κ2) is 9.01. The molecule has 3 aromatic rings. The molecule has 29 heavy (non-hydrogen) atoms. The maximum atomic E-state index is 15.3. The quantitative estimate of drug-likeness (QED) is 0.542. The Hall–Kier alpha value is -2.98. The third-order valence-corrected chi connectivity index (χ3v) is 5.23. The molecule has 1 aliphatic rings. The first-order valence-electron chi connectivity index (χ1n) is 10.0. The molecule has 0 unspecified atom stereocenters. The van der Waals surface area contributed by atoms with Crippen molar-refractivity contribution < 1.29 is 9.13 Å². The van der Waals surface area contributed by atoms with Crippen LogP contribution in [-0.2, 0) is 0 Å². The number of halogens is 1. The van der Waals surface area contributed by atoms with Crippen molar-refractivity contribution in [2.75, 3.05) is 20.1 Å². The molecule has 0 bridgehead atoms. The third-order valence-electron chi connectivity index (χ3n) is 5.23. The molecule has 3 aromatic carbocycles. The molecule has 0 amide bonds. The number of benzene rings is 3. The Kier molecular flexibility index (Phi) is 6.01. The highest BCUT2D eigenvalue weighted by Crippen LogP contribution is 2.30. The second-order valence-corrected chi connectivity index (χ2v) is 7.40. The molecule has 1 heterocycles. The summed E-state index contributed by atoms with van der Waals surface area (Å²) in [6.07, 6.45) is 1.86. The highest BCUT2D eigenvalue weighted by molar-refractivity contribution is 6.13. The lowest BCUT2D eigenvalue weighted by Gasteiger charge is -2.29. The fraction of sp³-hybridized carbons (Fsp3) is 0.240. The summed E-state index contributed by atoms with van der Waals surface area (Å²) in [5.41, 5.74) is 2.92. The zero-order chi connectivity index (χ0) is 20.1. The minimum absolute atomic E-state index is 0.0441. The maximum Gasteiger partial charge on any atom is 0.190 e. The highest BCUT2D eigenvalue weighted by atomic mass is 19.1. The predicted molar refractivity (Wildman–Crippen MR) is 116 cm³/mol. The fourth-order valence-electron chi connectivity index (χ4n) is 3.57. The summed E-state index contributed by atoms with van der Waals surface area (Å²) in [6.45, 7) is 1.94. The van der Waals surface area contributed by atoms with E-state index in [0.29, 0.717) is 0 Å². The van der Waals surface area contributed by atoms with Crippen LogP contribution >= 0.6 is 0 Å². The zero-order valence-electron chi connectivity index (χ0n) is 16.6.